The van der Waals surface area contributed by atoms with Gasteiger partial charge in [-0.1, -0.05) is 30.3 Å². The molecule has 0 spiro atoms. The predicted molar refractivity (Wildman–Crippen MR) is 111 cm³/mol. The second-order valence-electron chi connectivity index (χ2n) is 7.65. The number of amides is 1. The third-order valence-electron chi connectivity index (χ3n) is 4.09. The highest BCUT2D eigenvalue weighted by atomic mass is 32.2. The van der Waals surface area contributed by atoms with E-state index in [0.717, 1.165) is 16.4 Å². The van der Waals surface area contributed by atoms with Crippen molar-refractivity contribution in [2.75, 3.05) is 13.6 Å². The summed E-state index contributed by atoms with van der Waals surface area (Å²) >= 11 is 0. The van der Waals surface area contributed by atoms with Crippen molar-refractivity contribution in [2.24, 2.45) is 0 Å². The average Bonchev–Trinajstić information content (AvgIpc) is 2.66. The molecule has 0 aliphatic carbocycles. The number of nitrogens with one attached hydrogen (secondary N) is 1. The smallest absolute Gasteiger partial charge is 0.408 e. The number of carbonyl (C=O) groups is 1. The number of nitro benzene ring substituents is 1. The number of hydrogen-bond acceptors (Lipinski definition) is 6. The van der Waals surface area contributed by atoms with Crippen molar-refractivity contribution >= 4 is 21.8 Å². The molecule has 9 nitrogen and oxygen atoms in total. The van der Waals surface area contributed by atoms with Gasteiger partial charge in [0.15, 0.2) is 0 Å². The zero-order valence-electron chi connectivity index (χ0n) is 17.2. The second-order valence-corrected chi connectivity index (χ2v) is 9.69. The maximum Gasteiger partial charge on any atom is 0.408 e. The Morgan fingerprint density at radius 2 is 1.70 bits per heavy atom. The van der Waals surface area contributed by atoms with Crippen LogP contribution in [0.3, 0.4) is 0 Å². The first-order valence-corrected chi connectivity index (χ1v) is 10.6. The maximum atomic E-state index is 12.9. The van der Waals surface area contributed by atoms with E-state index in [-0.39, 0.29) is 17.1 Å². The molecule has 0 heterocycles. The van der Waals surface area contributed by atoms with Gasteiger partial charge in [0.25, 0.3) is 5.69 Å². The normalized spacial score (nSPS) is 13.0. The lowest BCUT2D eigenvalue weighted by Gasteiger charge is -2.27. The van der Waals surface area contributed by atoms with Gasteiger partial charge in [0.1, 0.15) is 5.60 Å². The van der Waals surface area contributed by atoms with Gasteiger partial charge in [0, 0.05) is 25.7 Å². The SMILES string of the molecule is CN(C[C@@H](NC(=O)OC(C)(C)C)c1ccccc1)S(=O)(=O)c1ccc([N+](=O)[O-])cc1. The van der Waals surface area contributed by atoms with E-state index in [0.29, 0.717) is 5.56 Å². The van der Waals surface area contributed by atoms with E-state index in [1.165, 1.54) is 19.2 Å². The molecule has 0 aliphatic heterocycles. The van der Waals surface area contributed by atoms with Crippen molar-refractivity contribution in [3.8, 4) is 0 Å². The van der Waals surface area contributed by atoms with Gasteiger partial charge in [0.2, 0.25) is 10.0 Å². The molecule has 0 saturated carbocycles. The number of sulfonamides is 1. The number of alkyl carbamates (subject to hydrolysis) is 1. The van der Waals surface area contributed by atoms with Crippen molar-refractivity contribution in [1.29, 1.82) is 0 Å². The molecular formula is C20H25N3O6S. The summed E-state index contributed by atoms with van der Waals surface area (Å²) in [6.45, 7) is 5.13. The number of rotatable bonds is 7. The predicted octanol–water partition coefficient (Wildman–Crippen LogP) is 3.48. The van der Waals surface area contributed by atoms with Gasteiger partial charge in [0.05, 0.1) is 15.9 Å². The van der Waals surface area contributed by atoms with Gasteiger partial charge in [-0.3, -0.25) is 10.1 Å². The Hall–Kier alpha value is -2.98. The molecule has 0 radical (unpaired) electrons. The fraction of sp³-hybridized carbons (Fsp3) is 0.350. The number of likely N-dealkylation sites (N-methyl/N-ethyl adjacent to an activating group) is 1. The lowest BCUT2D eigenvalue weighted by Crippen LogP contribution is -2.41. The lowest BCUT2D eigenvalue weighted by molar-refractivity contribution is -0.384. The Morgan fingerprint density at radius 3 is 2.20 bits per heavy atom. The Kier molecular flexibility index (Phi) is 7.16. The van der Waals surface area contributed by atoms with Crippen LogP contribution in [-0.2, 0) is 14.8 Å². The first kappa shape index (κ1) is 23.3. The Balaban J connectivity index is 2.25. The molecule has 2 rings (SSSR count). The van der Waals surface area contributed by atoms with Crippen LogP contribution >= 0.6 is 0 Å². The van der Waals surface area contributed by atoms with Crippen LogP contribution < -0.4 is 5.32 Å². The van der Waals surface area contributed by atoms with E-state index in [1.807, 2.05) is 6.07 Å². The number of benzene rings is 2. The molecule has 162 valence electrons. The first-order valence-electron chi connectivity index (χ1n) is 9.15. The zero-order chi connectivity index (χ0) is 22.5. The quantitative estimate of drug-likeness (QED) is 0.525. The molecule has 1 N–H and O–H groups in total. The molecule has 2 aromatic carbocycles. The summed E-state index contributed by atoms with van der Waals surface area (Å²) in [7, 11) is -2.56. The van der Waals surface area contributed by atoms with Crippen LogP contribution in [0.15, 0.2) is 59.5 Å². The zero-order valence-corrected chi connectivity index (χ0v) is 18.0. The van der Waals surface area contributed by atoms with Crippen molar-refractivity contribution < 1.29 is 22.9 Å². The number of hydrogen-bond donors (Lipinski definition) is 1. The molecule has 10 heteroatoms. The van der Waals surface area contributed by atoms with Crippen LogP contribution in [0.2, 0.25) is 0 Å². The number of carbonyl (C=O) groups excluding carboxylic acids is 1. The molecule has 0 bridgehead atoms. The highest BCUT2D eigenvalue weighted by Crippen LogP contribution is 2.22. The minimum absolute atomic E-state index is 0.0669. The van der Waals surface area contributed by atoms with Crippen molar-refractivity contribution in [1.82, 2.24) is 9.62 Å². The van der Waals surface area contributed by atoms with Crippen LogP contribution in [0.25, 0.3) is 0 Å². The minimum Gasteiger partial charge on any atom is -0.444 e. The highest BCUT2D eigenvalue weighted by molar-refractivity contribution is 7.89. The van der Waals surface area contributed by atoms with Crippen LogP contribution in [0.1, 0.15) is 32.4 Å². The number of nitrogens with zero attached hydrogens (tertiary/aromatic N) is 2. The molecular weight excluding hydrogens is 410 g/mol. The summed E-state index contributed by atoms with van der Waals surface area (Å²) in [6, 6.07) is 12.9. The minimum atomic E-state index is -3.94. The molecule has 2 aromatic rings. The molecule has 0 saturated heterocycles. The van der Waals surface area contributed by atoms with Crippen molar-refractivity contribution in [2.45, 2.75) is 37.3 Å². The van der Waals surface area contributed by atoms with E-state index in [4.69, 9.17) is 4.74 Å². The average molecular weight is 436 g/mol. The summed E-state index contributed by atoms with van der Waals surface area (Å²) in [6.07, 6.45) is -0.669. The topological polar surface area (TPSA) is 119 Å². The van der Waals surface area contributed by atoms with E-state index in [1.54, 1.807) is 45.0 Å². The summed E-state index contributed by atoms with van der Waals surface area (Å²) < 4.78 is 32.2. The van der Waals surface area contributed by atoms with Gasteiger partial charge in [-0.05, 0) is 38.5 Å². The van der Waals surface area contributed by atoms with E-state index >= 15 is 0 Å². The van der Waals surface area contributed by atoms with Crippen molar-refractivity contribution in [3.05, 3.63) is 70.3 Å². The lowest BCUT2D eigenvalue weighted by atomic mass is 10.1. The molecule has 30 heavy (non-hydrogen) atoms. The Morgan fingerprint density at radius 1 is 1.13 bits per heavy atom. The summed E-state index contributed by atoms with van der Waals surface area (Å²) in [5, 5.41) is 13.5. The monoisotopic (exact) mass is 435 g/mol. The third kappa shape index (κ3) is 6.26. The van der Waals surface area contributed by atoms with Gasteiger partial charge < -0.3 is 10.1 Å². The summed E-state index contributed by atoms with van der Waals surface area (Å²) in [5.74, 6) is 0. The van der Waals surface area contributed by atoms with Crippen LogP contribution in [0.5, 0.6) is 0 Å². The van der Waals surface area contributed by atoms with Gasteiger partial charge in [-0.25, -0.2) is 13.2 Å². The van der Waals surface area contributed by atoms with Crippen molar-refractivity contribution in [3.63, 3.8) is 0 Å². The number of nitro groups is 1. The van der Waals surface area contributed by atoms with Crippen LogP contribution in [0.4, 0.5) is 10.5 Å². The molecule has 1 amide bonds. The second kappa shape index (κ2) is 9.23. The summed E-state index contributed by atoms with van der Waals surface area (Å²) in [4.78, 5) is 22.4. The van der Waals surface area contributed by atoms with E-state index in [9.17, 15) is 23.3 Å². The van der Waals surface area contributed by atoms with E-state index in [2.05, 4.69) is 5.32 Å². The van der Waals surface area contributed by atoms with Gasteiger partial charge >= 0.3 is 6.09 Å². The van der Waals surface area contributed by atoms with Crippen LogP contribution in [-0.4, -0.2) is 42.9 Å². The molecule has 0 unspecified atom stereocenters. The molecule has 1 atom stereocenters. The van der Waals surface area contributed by atoms with Gasteiger partial charge in [-0.15, -0.1) is 0 Å². The number of non-ortho nitro benzene ring substituents is 1. The highest BCUT2D eigenvalue weighted by Gasteiger charge is 2.27. The summed E-state index contributed by atoms with van der Waals surface area (Å²) in [5.41, 5.74) is -0.207. The molecule has 0 aliphatic rings. The van der Waals surface area contributed by atoms with Crippen LogP contribution in [0, 0.1) is 10.1 Å². The van der Waals surface area contributed by atoms with E-state index < -0.39 is 32.7 Å². The Bertz CT molecular complexity index is 985. The number of ether oxygens (including phenoxy) is 1. The third-order valence-corrected chi connectivity index (χ3v) is 5.93. The maximum absolute atomic E-state index is 12.9. The fourth-order valence-corrected chi connectivity index (χ4v) is 3.83. The largest absolute Gasteiger partial charge is 0.444 e. The molecule has 0 fully saturated rings. The Labute approximate surface area is 175 Å². The van der Waals surface area contributed by atoms with Gasteiger partial charge in [-0.2, -0.15) is 4.31 Å². The molecule has 0 aromatic heterocycles. The standard InChI is InChI=1S/C20H25N3O6S/c1-20(2,3)29-19(24)21-18(15-8-6-5-7-9-15)14-22(4)30(27,28)17-12-10-16(11-13-17)23(25)26/h5-13,18H,14H2,1-4H3,(H,21,24)/t18-/m1/s1. The first-order chi connectivity index (χ1) is 13.9. The fourth-order valence-electron chi connectivity index (χ4n) is 2.64.